The number of piperidine rings is 1. The van der Waals surface area contributed by atoms with Crippen LogP contribution in [0.25, 0.3) is 0 Å². The number of allylic oxidation sites excluding steroid dienone is 2. The van der Waals surface area contributed by atoms with Crippen LogP contribution in [0.4, 0.5) is 0 Å². The molecule has 2 amide bonds. The van der Waals surface area contributed by atoms with Crippen LogP contribution in [-0.2, 0) is 9.59 Å². The lowest BCUT2D eigenvalue weighted by molar-refractivity contribution is -0.136. The Morgan fingerprint density at radius 1 is 1.00 bits per heavy atom. The van der Waals surface area contributed by atoms with E-state index in [0.717, 1.165) is 45.3 Å². The number of hydrogen-bond acceptors (Lipinski definition) is 2. The molecule has 2 fully saturated rings. The standard InChI is InChI=1S/C17H26N2O2/c20-16(11-13-5-6-13)18-12-14-7-9-19(10-8-14)17(21)15-3-1-2-4-15/h1-2,13-15H,3-12H2,(H,18,20). The van der Waals surface area contributed by atoms with Gasteiger partial charge in [-0.15, -0.1) is 0 Å². The maximum absolute atomic E-state index is 12.3. The van der Waals surface area contributed by atoms with Gasteiger partial charge < -0.3 is 10.2 Å². The summed E-state index contributed by atoms with van der Waals surface area (Å²) in [4.78, 5) is 26.0. The monoisotopic (exact) mass is 290 g/mol. The summed E-state index contributed by atoms with van der Waals surface area (Å²) in [6, 6.07) is 0. The van der Waals surface area contributed by atoms with Crippen molar-refractivity contribution < 1.29 is 9.59 Å². The summed E-state index contributed by atoms with van der Waals surface area (Å²) in [7, 11) is 0. The summed E-state index contributed by atoms with van der Waals surface area (Å²) < 4.78 is 0. The molecule has 1 aliphatic heterocycles. The molecule has 3 rings (SSSR count). The van der Waals surface area contributed by atoms with E-state index >= 15 is 0 Å². The van der Waals surface area contributed by atoms with Crippen molar-refractivity contribution in [1.29, 1.82) is 0 Å². The number of nitrogens with one attached hydrogen (secondary N) is 1. The fourth-order valence-corrected chi connectivity index (χ4v) is 3.35. The minimum absolute atomic E-state index is 0.194. The highest BCUT2D eigenvalue weighted by Gasteiger charge is 2.29. The molecule has 4 heteroatoms. The molecule has 1 saturated carbocycles. The first-order chi connectivity index (χ1) is 10.2. The molecule has 4 nitrogen and oxygen atoms in total. The van der Waals surface area contributed by atoms with E-state index in [-0.39, 0.29) is 11.8 Å². The summed E-state index contributed by atoms with van der Waals surface area (Å²) in [5, 5.41) is 3.07. The highest BCUT2D eigenvalue weighted by Crippen LogP contribution is 2.32. The first-order valence-corrected chi connectivity index (χ1v) is 8.43. The molecule has 3 aliphatic rings. The largest absolute Gasteiger partial charge is 0.356 e. The second-order valence-electron chi connectivity index (χ2n) is 6.86. The fraction of sp³-hybridized carbons (Fsp3) is 0.765. The van der Waals surface area contributed by atoms with Gasteiger partial charge in [0.25, 0.3) is 0 Å². The quantitative estimate of drug-likeness (QED) is 0.788. The van der Waals surface area contributed by atoms with Crippen molar-refractivity contribution >= 4 is 11.8 Å². The van der Waals surface area contributed by atoms with E-state index in [1.54, 1.807) is 0 Å². The molecule has 1 N–H and O–H groups in total. The zero-order valence-electron chi connectivity index (χ0n) is 12.7. The summed E-state index contributed by atoms with van der Waals surface area (Å²) in [6.07, 6.45) is 11.3. The van der Waals surface area contributed by atoms with Crippen LogP contribution in [0.1, 0.15) is 44.9 Å². The molecule has 0 bridgehead atoms. The number of nitrogens with zero attached hydrogens (tertiary/aromatic N) is 1. The molecular weight excluding hydrogens is 264 g/mol. The van der Waals surface area contributed by atoms with E-state index < -0.39 is 0 Å². The average molecular weight is 290 g/mol. The van der Waals surface area contributed by atoms with E-state index in [4.69, 9.17) is 0 Å². The van der Waals surface area contributed by atoms with Crippen LogP contribution in [0.15, 0.2) is 12.2 Å². The van der Waals surface area contributed by atoms with Crippen molar-refractivity contribution in [2.75, 3.05) is 19.6 Å². The van der Waals surface area contributed by atoms with Crippen molar-refractivity contribution in [3.8, 4) is 0 Å². The van der Waals surface area contributed by atoms with E-state index in [1.807, 2.05) is 4.90 Å². The molecule has 0 aromatic carbocycles. The lowest BCUT2D eigenvalue weighted by Crippen LogP contribution is -2.43. The summed E-state index contributed by atoms with van der Waals surface area (Å²) in [6.45, 7) is 2.51. The van der Waals surface area contributed by atoms with Crippen LogP contribution >= 0.6 is 0 Å². The Labute approximate surface area is 127 Å². The molecule has 0 atom stereocenters. The molecule has 0 radical (unpaired) electrons. The van der Waals surface area contributed by atoms with Gasteiger partial charge >= 0.3 is 0 Å². The number of hydrogen-bond donors (Lipinski definition) is 1. The van der Waals surface area contributed by atoms with Crippen molar-refractivity contribution in [2.45, 2.75) is 44.9 Å². The molecule has 1 heterocycles. The lowest BCUT2D eigenvalue weighted by Gasteiger charge is -2.33. The molecule has 2 aliphatic carbocycles. The first-order valence-electron chi connectivity index (χ1n) is 8.43. The summed E-state index contributed by atoms with van der Waals surface area (Å²) in [5.41, 5.74) is 0. The Morgan fingerprint density at radius 3 is 2.29 bits per heavy atom. The minimum atomic E-state index is 0.194. The lowest BCUT2D eigenvalue weighted by atomic mass is 9.95. The fourth-order valence-electron chi connectivity index (χ4n) is 3.35. The average Bonchev–Trinajstić information content (AvgIpc) is 3.15. The number of carbonyl (C=O) groups is 2. The van der Waals surface area contributed by atoms with Gasteiger partial charge in [0, 0.05) is 32.0 Å². The minimum Gasteiger partial charge on any atom is -0.356 e. The Balaban J connectivity index is 1.34. The van der Waals surface area contributed by atoms with Crippen molar-refractivity contribution in [3.05, 3.63) is 12.2 Å². The predicted octanol–water partition coefficient (Wildman–Crippen LogP) is 2.11. The van der Waals surface area contributed by atoms with E-state index in [1.165, 1.54) is 12.8 Å². The first kappa shape index (κ1) is 14.6. The van der Waals surface area contributed by atoms with Gasteiger partial charge in [-0.05, 0) is 50.4 Å². The molecule has 0 spiro atoms. The molecule has 0 aromatic rings. The zero-order valence-corrected chi connectivity index (χ0v) is 12.7. The molecule has 21 heavy (non-hydrogen) atoms. The van der Waals surface area contributed by atoms with Gasteiger partial charge in [0.1, 0.15) is 0 Å². The van der Waals surface area contributed by atoms with Crippen LogP contribution in [0, 0.1) is 17.8 Å². The Morgan fingerprint density at radius 2 is 1.67 bits per heavy atom. The Bertz CT molecular complexity index is 413. The Kier molecular flexibility index (Phi) is 4.61. The van der Waals surface area contributed by atoms with Gasteiger partial charge in [-0.1, -0.05) is 12.2 Å². The number of rotatable bonds is 5. The van der Waals surface area contributed by atoms with Gasteiger partial charge in [0.2, 0.25) is 11.8 Å². The third-order valence-electron chi connectivity index (χ3n) is 5.04. The SMILES string of the molecule is O=C(CC1CC1)NCC1CCN(C(=O)C2CC=CC2)CC1. The second-order valence-corrected chi connectivity index (χ2v) is 6.86. The van der Waals surface area contributed by atoms with Crippen LogP contribution in [0.2, 0.25) is 0 Å². The topological polar surface area (TPSA) is 49.4 Å². The van der Waals surface area contributed by atoms with Crippen LogP contribution in [-0.4, -0.2) is 36.3 Å². The second kappa shape index (κ2) is 6.63. The van der Waals surface area contributed by atoms with E-state index in [2.05, 4.69) is 17.5 Å². The van der Waals surface area contributed by atoms with Crippen LogP contribution < -0.4 is 5.32 Å². The maximum atomic E-state index is 12.3. The zero-order chi connectivity index (χ0) is 14.7. The number of amides is 2. The highest BCUT2D eigenvalue weighted by molar-refractivity contribution is 5.79. The van der Waals surface area contributed by atoms with Crippen molar-refractivity contribution in [3.63, 3.8) is 0 Å². The van der Waals surface area contributed by atoms with Gasteiger partial charge in [0.15, 0.2) is 0 Å². The third kappa shape index (κ3) is 4.08. The van der Waals surface area contributed by atoms with Gasteiger partial charge in [0.05, 0.1) is 0 Å². The van der Waals surface area contributed by atoms with Gasteiger partial charge in [-0.2, -0.15) is 0 Å². The third-order valence-corrected chi connectivity index (χ3v) is 5.04. The summed E-state index contributed by atoms with van der Waals surface area (Å²) in [5.74, 6) is 1.94. The molecule has 0 unspecified atom stereocenters. The number of likely N-dealkylation sites (tertiary alicyclic amines) is 1. The van der Waals surface area contributed by atoms with E-state index in [9.17, 15) is 9.59 Å². The van der Waals surface area contributed by atoms with Gasteiger partial charge in [-0.25, -0.2) is 0 Å². The number of carbonyl (C=O) groups excluding carboxylic acids is 2. The maximum Gasteiger partial charge on any atom is 0.226 e. The summed E-state index contributed by atoms with van der Waals surface area (Å²) >= 11 is 0. The van der Waals surface area contributed by atoms with Crippen molar-refractivity contribution in [2.24, 2.45) is 17.8 Å². The predicted molar refractivity (Wildman–Crippen MR) is 81.5 cm³/mol. The molecular formula is C17H26N2O2. The smallest absolute Gasteiger partial charge is 0.226 e. The van der Waals surface area contributed by atoms with Crippen molar-refractivity contribution in [1.82, 2.24) is 10.2 Å². The normalized spacial score (nSPS) is 23.5. The van der Waals surface area contributed by atoms with E-state index in [0.29, 0.717) is 24.2 Å². The molecule has 0 aromatic heterocycles. The molecule has 116 valence electrons. The highest BCUT2D eigenvalue weighted by atomic mass is 16.2. The molecule has 1 saturated heterocycles. The van der Waals surface area contributed by atoms with Crippen LogP contribution in [0.5, 0.6) is 0 Å². The van der Waals surface area contributed by atoms with Gasteiger partial charge in [-0.3, -0.25) is 9.59 Å². The Hall–Kier alpha value is -1.32. The van der Waals surface area contributed by atoms with Crippen LogP contribution in [0.3, 0.4) is 0 Å².